The fourth-order valence-corrected chi connectivity index (χ4v) is 3.40. The smallest absolute Gasteiger partial charge is 0.326 e. The average molecular weight is 259 g/mol. The summed E-state index contributed by atoms with van der Waals surface area (Å²) in [5.74, 6) is -1.05. The second-order valence-corrected chi connectivity index (χ2v) is 5.37. The van der Waals surface area contributed by atoms with Gasteiger partial charge in [-0.05, 0) is 31.2 Å². The maximum Gasteiger partial charge on any atom is 0.326 e. The van der Waals surface area contributed by atoms with Gasteiger partial charge in [0.2, 0.25) is 5.91 Å². The van der Waals surface area contributed by atoms with Gasteiger partial charge < -0.3 is 10.0 Å². The van der Waals surface area contributed by atoms with Crippen LogP contribution in [0.1, 0.15) is 37.2 Å². The third-order valence-corrected chi connectivity index (χ3v) is 4.33. The first-order chi connectivity index (χ1) is 9.18. The number of hydrogen-bond donors (Lipinski definition) is 1. The number of rotatable bonds is 2. The fourth-order valence-electron chi connectivity index (χ4n) is 3.40. The number of aliphatic carboxylic acids is 1. The Morgan fingerprint density at radius 2 is 1.79 bits per heavy atom. The van der Waals surface area contributed by atoms with Crippen LogP contribution in [0.2, 0.25) is 0 Å². The summed E-state index contributed by atoms with van der Waals surface area (Å²) in [5.41, 5.74) is 1.00. The van der Waals surface area contributed by atoms with Gasteiger partial charge in [-0.2, -0.15) is 0 Å². The van der Waals surface area contributed by atoms with Crippen molar-refractivity contribution in [3.8, 4) is 0 Å². The molecule has 1 amide bonds. The van der Waals surface area contributed by atoms with E-state index in [-0.39, 0.29) is 17.9 Å². The Morgan fingerprint density at radius 1 is 1.11 bits per heavy atom. The van der Waals surface area contributed by atoms with Gasteiger partial charge in [-0.25, -0.2) is 4.79 Å². The van der Waals surface area contributed by atoms with Crippen molar-refractivity contribution in [2.45, 2.75) is 43.7 Å². The summed E-state index contributed by atoms with van der Waals surface area (Å²) in [6, 6.07) is 9.19. The van der Waals surface area contributed by atoms with Crippen LogP contribution in [0, 0.1) is 0 Å². The molecule has 2 aliphatic heterocycles. The number of carboxylic acids is 1. The molecule has 1 N–H and O–H groups in total. The Morgan fingerprint density at radius 3 is 2.47 bits per heavy atom. The number of carbonyl (C=O) groups is 2. The number of carbonyl (C=O) groups excluding carboxylic acids is 1. The van der Waals surface area contributed by atoms with Gasteiger partial charge in [0.1, 0.15) is 6.04 Å². The van der Waals surface area contributed by atoms with Crippen LogP contribution in [0.5, 0.6) is 0 Å². The molecule has 4 nitrogen and oxygen atoms in total. The van der Waals surface area contributed by atoms with E-state index in [9.17, 15) is 14.7 Å². The topological polar surface area (TPSA) is 57.6 Å². The molecule has 0 saturated carbocycles. The summed E-state index contributed by atoms with van der Waals surface area (Å²) in [5, 5.41) is 9.23. The van der Waals surface area contributed by atoms with E-state index in [1.165, 1.54) is 0 Å². The maximum absolute atomic E-state index is 12.6. The number of amides is 1. The van der Waals surface area contributed by atoms with Gasteiger partial charge >= 0.3 is 5.97 Å². The van der Waals surface area contributed by atoms with Crippen molar-refractivity contribution in [3.05, 3.63) is 35.9 Å². The second kappa shape index (κ2) is 4.68. The quantitative estimate of drug-likeness (QED) is 0.883. The molecule has 2 fully saturated rings. The third kappa shape index (κ3) is 2.01. The predicted molar refractivity (Wildman–Crippen MR) is 69.7 cm³/mol. The van der Waals surface area contributed by atoms with Crippen LogP contribution >= 0.6 is 0 Å². The standard InChI is InChI=1S/C15H17NO3/c17-14-12(10-4-2-1-3-5-10)8-6-11-7-9-13(15(18)19)16(11)14/h1-5,11-13H,6-9H2,(H,18,19)/t11-,12?,13?/m0/s1. The average Bonchev–Trinajstić information content (AvgIpc) is 2.85. The lowest BCUT2D eigenvalue weighted by Crippen LogP contribution is -2.49. The maximum atomic E-state index is 12.6. The molecule has 2 heterocycles. The number of hydrogen-bond acceptors (Lipinski definition) is 2. The zero-order valence-corrected chi connectivity index (χ0v) is 10.7. The summed E-state index contributed by atoms with van der Waals surface area (Å²) in [6.07, 6.45) is 3.16. The highest BCUT2D eigenvalue weighted by Gasteiger charge is 2.46. The highest BCUT2D eigenvalue weighted by atomic mass is 16.4. The molecule has 2 aliphatic rings. The summed E-state index contributed by atoms with van der Waals surface area (Å²) < 4.78 is 0. The van der Waals surface area contributed by atoms with Crippen molar-refractivity contribution in [2.24, 2.45) is 0 Å². The first-order valence-corrected chi connectivity index (χ1v) is 6.78. The van der Waals surface area contributed by atoms with E-state index in [4.69, 9.17) is 0 Å². The van der Waals surface area contributed by atoms with Crippen molar-refractivity contribution >= 4 is 11.9 Å². The first-order valence-electron chi connectivity index (χ1n) is 6.78. The fraction of sp³-hybridized carbons (Fsp3) is 0.467. The number of piperidine rings is 1. The minimum absolute atomic E-state index is 0.00708. The minimum Gasteiger partial charge on any atom is -0.480 e. The molecule has 4 heteroatoms. The van der Waals surface area contributed by atoms with Gasteiger partial charge in [0.25, 0.3) is 0 Å². The number of benzene rings is 1. The molecule has 0 aliphatic carbocycles. The molecule has 0 radical (unpaired) electrons. The summed E-state index contributed by atoms with van der Waals surface area (Å²) >= 11 is 0. The highest BCUT2D eigenvalue weighted by Crippen LogP contribution is 2.38. The number of carboxylic acid groups (broad SMARTS) is 1. The van der Waals surface area contributed by atoms with Crippen LogP contribution in [0.4, 0.5) is 0 Å². The molecule has 3 rings (SSSR count). The first kappa shape index (κ1) is 12.2. The van der Waals surface area contributed by atoms with E-state index in [0.29, 0.717) is 6.42 Å². The third-order valence-electron chi connectivity index (χ3n) is 4.33. The van der Waals surface area contributed by atoms with E-state index in [1.807, 2.05) is 30.3 Å². The van der Waals surface area contributed by atoms with Crippen LogP contribution in [-0.4, -0.2) is 34.0 Å². The zero-order chi connectivity index (χ0) is 13.4. The summed E-state index contributed by atoms with van der Waals surface area (Å²) in [4.78, 5) is 25.5. The Balaban J connectivity index is 1.88. The lowest BCUT2D eigenvalue weighted by atomic mass is 9.87. The van der Waals surface area contributed by atoms with Crippen molar-refractivity contribution in [2.75, 3.05) is 0 Å². The van der Waals surface area contributed by atoms with Crippen molar-refractivity contribution in [3.63, 3.8) is 0 Å². The Hall–Kier alpha value is -1.84. The van der Waals surface area contributed by atoms with Gasteiger partial charge in [0.15, 0.2) is 0 Å². The monoisotopic (exact) mass is 259 g/mol. The number of fused-ring (bicyclic) bond motifs is 1. The lowest BCUT2D eigenvalue weighted by Gasteiger charge is -2.37. The van der Waals surface area contributed by atoms with Crippen LogP contribution in [-0.2, 0) is 9.59 Å². The molecule has 2 saturated heterocycles. The Labute approximate surface area is 112 Å². The van der Waals surface area contributed by atoms with Gasteiger partial charge in [-0.1, -0.05) is 30.3 Å². The molecule has 100 valence electrons. The molecular formula is C15H17NO3. The van der Waals surface area contributed by atoms with Crippen LogP contribution in [0.3, 0.4) is 0 Å². The molecule has 1 aromatic carbocycles. The van der Waals surface area contributed by atoms with Crippen LogP contribution < -0.4 is 0 Å². The lowest BCUT2D eigenvalue weighted by molar-refractivity contribution is -0.152. The summed E-state index contributed by atoms with van der Waals surface area (Å²) in [6.45, 7) is 0. The Bertz CT molecular complexity index is 499. The second-order valence-electron chi connectivity index (χ2n) is 5.37. The molecule has 0 spiro atoms. The van der Waals surface area contributed by atoms with Crippen molar-refractivity contribution in [1.29, 1.82) is 0 Å². The van der Waals surface area contributed by atoms with E-state index in [0.717, 1.165) is 24.8 Å². The van der Waals surface area contributed by atoms with E-state index >= 15 is 0 Å². The normalized spacial score (nSPS) is 30.2. The van der Waals surface area contributed by atoms with E-state index in [2.05, 4.69) is 0 Å². The molecular weight excluding hydrogens is 242 g/mol. The summed E-state index contributed by atoms with van der Waals surface area (Å²) in [7, 11) is 0. The highest BCUT2D eigenvalue weighted by molar-refractivity contribution is 5.89. The number of nitrogens with zero attached hydrogens (tertiary/aromatic N) is 1. The van der Waals surface area contributed by atoms with Crippen LogP contribution in [0.15, 0.2) is 30.3 Å². The van der Waals surface area contributed by atoms with Gasteiger partial charge in [0.05, 0.1) is 5.92 Å². The molecule has 19 heavy (non-hydrogen) atoms. The van der Waals surface area contributed by atoms with Crippen LogP contribution in [0.25, 0.3) is 0 Å². The van der Waals surface area contributed by atoms with E-state index < -0.39 is 12.0 Å². The predicted octanol–water partition coefficient (Wildman–Crippen LogP) is 2.01. The molecule has 2 unspecified atom stereocenters. The minimum atomic E-state index is -0.871. The SMILES string of the molecule is O=C(O)C1CC[C@@H]2CCC(c3ccccc3)C(=O)N12. The van der Waals surface area contributed by atoms with Gasteiger partial charge in [-0.3, -0.25) is 4.79 Å². The molecule has 0 aromatic heterocycles. The van der Waals surface area contributed by atoms with Crippen molar-refractivity contribution < 1.29 is 14.7 Å². The molecule has 3 atom stereocenters. The van der Waals surface area contributed by atoms with Gasteiger partial charge in [0, 0.05) is 6.04 Å². The largest absolute Gasteiger partial charge is 0.480 e. The Kier molecular flexibility index (Phi) is 3.01. The van der Waals surface area contributed by atoms with Gasteiger partial charge in [-0.15, -0.1) is 0 Å². The molecule has 1 aromatic rings. The molecule has 0 bridgehead atoms. The van der Waals surface area contributed by atoms with Crippen molar-refractivity contribution in [1.82, 2.24) is 4.90 Å². The van der Waals surface area contributed by atoms with E-state index in [1.54, 1.807) is 4.90 Å². The zero-order valence-electron chi connectivity index (χ0n) is 10.7.